The molecule has 2 atom stereocenters. The molecule has 3 rings (SSSR count). The highest BCUT2D eigenvalue weighted by atomic mass is 32.1. The molecule has 2 bridgehead atoms. The maximum atomic E-state index is 9.66. The van der Waals surface area contributed by atoms with Crippen molar-refractivity contribution >= 4 is 16.5 Å². The SMILES string of the molecule is OC1CC2CCC(C1)N2c1nccs1. The molecular formula is C10H14N2OS. The molecule has 1 N–H and O–H groups in total. The molecule has 2 unspecified atom stereocenters. The van der Waals surface area contributed by atoms with Gasteiger partial charge in [-0.05, 0) is 25.7 Å². The van der Waals surface area contributed by atoms with Crippen LogP contribution in [0.2, 0.25) is 0 Å². The molecule has 1 aromatic rings. The number of thiazole rings is 1. The van der Waals surface area contributed by atoms with E-state index >= 15 is 0 Å². The molecule has 2 aliphatic rings. The van der Waals surface area contributed by atoms with E-state index in [4.69, 9.17) is 0 Å². The van der Waals surface area contributed by atoms with E-state index in [9.17, 15) is 5.11 Å². The topological polar surface area (TPSA) is 36.4 Å². The predicted octanol–water partition coefficient (Wildman–Crippen LogP) is 1.64. The number of hydrogen-bond acceptors (Lipinski definition) is 4. The van der Waals surface area contributed by atoms with E-state index < -0.39 is 0 Å². The molecule has 3 heterocycles. The van der Waals surface area contributed by atoms with Crippen molar-refractivity contribution in [1.29, 1.82) is 0 Å². The Morgan fingerprint density at radius 1 is 1.36 bits per heavy atom. The van der Waals surface area contributed by atoms with E-state index in [1.54, 1.807) is 11.3 Å². The van der Waals surface area contributed by atoms with E-state index in [0.717, 1.165) is 18.0 Å². The van der Waals surface area contributed by atoms with E-state index in [-0.39, 0.29) is 6.10 Å². The summed E-state index contributed by atoms with van der Waals surface area (Å²) in [5, 5.41) is 12.8. The van der Waals surface area contributed by atoms with Crippen LogP contribution in [-0.4, -0.2) is 28.3 Å². The fourth-order valence-electron chi connectivity index (χ4n) is 2.80. The van der Waals surface area contributed by atoms with Crippen LogP contribution >= 0.6 is 11.3 Å². The van der Waals surface area contributed by atoms with Crippen molar-refractivity contribution in [1.82, 2.24) is 4.98 Å². The van der Waals surface area contributed by atoms with Gasteiger partial charge in [0.2, 0.25) is 0 Å². The Balaban J connectivity index is 1.88. The Morgan fingerprint density at radius 2 is 2.07 bits per heavy atom. The Kier molecular flexibility index (Phi) is 1.99. The van der Waals surface area contributed by atoms with Crippen molar-refractivity contribution in [3.8, 4) is 0 Å². The van der Waals surface area contributed by atoms with Crippen molar-refractivity contribution in [2.24, 2.45) is 0 Å². The maximum absolute atomic E-state index is 9.66. The number of piperidine rings is 1. The van der Waals surface area contributed by atoms with Gasteiger partial charge in [-0.2, -0.15) is 0 Å². The molecule has 0 saturated carbocycles. The Hall–Kier alpha value is -0.610. The van der Waals surface area contributed by atoms with Gasteiger partial charge < -0.3 is 10.0 Å². The minimum Gasteiger partial charge on any atom is -0.393 e. The second-order valence-electron chi connectivity index (χ2n) is 4.23. The molecule has 76 valence electrons. The van der Waals surface area contributed by atoms with Gasteiger partial charge in [-0.1, -0.05) is 0 Å². The predicted molar refractivity (Wildman–Crippen MR) is 56.6 cm³/mol. The number of aliphatic hydroxyl groups excluding tert-OH is 1. The number of fused-ring (bicyclic) bond motifs is 2. The highest BCUT2D eigenvalue weighted by Crippen LogP contribution is 2.39. The number of aliphatic hydroxyl groups is 1. The molecule has 0 radical (unpaired) electrons. The molecule has 4 heteroatoms. The van der Waals surface area contributed by atoms with Crippen LogP contribution in [0, 0.1) is 0 Å². The molecule has 2 saturated heterocycles. The monoisotopic (exact) mass is 210 g/mol. The van der Waals surface area contributed by atoms with Gasteiger partial charge in [0.15, 0.2) is 5.13 Å². The summed E-state index contributed by atoms with van der Waals surface area (Å²) in [6, 6.07) is 1.07. The zero-order valence-corrected chi connectivity index (χ0v) is 8.78. The molecule has 0 aliphatic carbocycles. The van der Waals surface area contributed by atoms with Crippen molar-refractivity contribution in [2.75, 3.05) is 4.90 Å². The van der Waals surface area contributed by atoms with Crippen molar-refractivity contribution in [3.05, 3.63) is 11.6 Å². The van der Waals surface area contributed by atoms with E-state index in [1.165, 1.54) is 12.8 Å². The largest absolute Gasteiger partial charge is 0.393 e. The quantitative estimate of drug-likeness (QED) is 0.765. The Morgan fingerprint density at radius 3 is 2.64 bits per heavy atom. The number of aromatic nitrogens is 1. The third-order valence-electron chi connectivity index (χ3n) is 3.35. The van der Waals surface area contributed by atoms with Crippen LogP contribution in [0.25, 0.3) is 0 Å². The van der Waals surface area contributed by atoms with Crippen molar-refractivity contribution < 1.29 is 5.11 Å². The molecule has 0 amide bonds. The third-order valence-corrected chi connectivity index (χ3v) is 4.13. The standard InChI is InChI=1S/C10H14N2OS/c13-9-5-7-1-2-8(6-9)12(7)10-11-3-4-14-10/h3-4,7-9,13H,1-2,5-6H2. The van der Waals surface area contributed by atoms with Crippen LogP contribution in [0.5, 0.6) is 0 Å². The summed E-state index contributed by atoms with van der Waals surface area (Å²) in [4.78, 5) is 6.80. The van der Waals surface area contributed by atoms with Gasteiger partial charge in [-0.25, -0.2) is 4.98 Å². The molecule has 1 aromatic heterocycles. The maximum Gasteiger partial charge on any atom is 0.185 e. The van der Waals surface area contributed by atoms with Gasteiger partial charge in [-0.15, -0.1) is 11.3 Å². The second kappa shape index (κ2) is 3.21. The van der Waals surface area contributed by atoms with E-state index in [0.29, 0.717) is 12.1 Å². The zero-order chi connectivity index (χ0) is 9.54. The minimum absolute atomic E-state index is 0.0799. The average molecular weight is 210 g/mol. The summed E-state index contributed by atoms with van der Waals surface area (Å²) in [7, 11) is 0. The first-order valence-corrected chi connectivity index (χ1v) is 6.08. The summed E-state index contributed by atoms with van der Waals surface area (Å²) < 4.78 is 0. The van der Waals surface area contributed by atoms with Gasteiger partial charge in [0.05, 0.1) is 6.10 Å². The summed E-state index contributed by atoms with van der Waals surface area (Å²) >= 11 is 1.71. The molecule has 0 aromatic carbocycles. The lowest BCUT2D eigenvalue weighted by Gasteiger charge is -2.36. The fraction of sp³-hybridized carbons (Fsp3) is 0.700. The minimum atomic E-state index is -0.0799. The fourth-order valence-corrected chi connectivity index (χ4v) is 3.59. The zero-order valence-electron chi connectivity index (χ0n) is 7.97. The normalized spacial score (nSPS) is 36.4. The van der Waals surface area contributed by atoms with Crippen molar-refractivity contribution in [2.45, 2.75) is 43.9 Å². The van der Waals surface area contributed by atoms with Crippen LogP contribution in [0.1, 0.15) is 25.7 Å². The summed E-state index contributed by atoms with van der Waals surface area (Å²) in [5.41, 5.74) is 0. The summed E-state index contributed by atoms with van der Waals surface area (Å²) in [5.74, 6) is 0. The lowest BCUT2D eigenvalue weighted by molar-refractivity contribution is 0.126. The highest BCUT2D eigenvalue weighted by Gasteiger charge is 2.41. The van der Waals surface area contributed by atoms with E-state index in [1.807, 2.05) is 11.6 Å². The van der Waals surface area contributed by atoms with Crippen LogP contribution in [-0.2, 0) is 0 Å². The molecule has 0 spiro atoms. The van der Waals surface area contributed by atoms with Gasteiger partial charge in [0.1, 0.15) is 0 Å². The molecule has 14 heavy (non-hydrogen) atoms. The first-order chi connectivity index (χ1) is 6.84. The van der Waals surface area contributed by atoms with Crippen molar-refractivity contribution in [3.63, 3.8) is 0 Å². The summed E-state index contributed by atoms with van der Waals surface area (Å²) in [6.07, 6.45) is 6.09. The number of anilines is 1. The Bertz CT molecular complexity index is 300. The number of rotatable bonds is 1. The summed E-state index contributed by atoms with van der Waals surface area (Å²) in [6.45, 7) is 0. The van der Waals surface area contributed by atoms with Crippen LogP contribution in [0.4, 0.5) is 5.13 Å². The van der Waals surface area contributed by atoms with Gasteiger partial charge in [0, 0.05) is 23.7 Å². The molecular weight excluding hydrogens is 196 g/mol. The second-order valence-corrected chi connectivity index (χ2v) is 5.11. The molecule has 3 nitrogen and oxygen atoms in total. The smallest absolute Gasteiger partial charge is 0.185 e. The highest BCUT2D eigenvalue weighted by molar-refractivity contribution is 7.13. The van der Waals surface area contributed by atoms with Gasteiger partial charge in [0.25, 0.3) is 0 Å². The molecule has 2 fully saturated rings. The number of nitrogens with zero attached hydrogens (tertiary/aromatic N) is 2. The van der Waals surface area contributed by atoms with Crippen LogP contribution in [0.15, 0.2) is 11.6 Å². The van der Waals surface area contributed by atoms with Crippen LogP contribution in [0.3, 0.4) is 0 Å². The lowest BCUT2D eigenvalue weighted by atomic mass is 10.0. The van der Waals surface area contributed by atoms with Gasteiger partial charge in [-0.3, -0.25) is 0 Å². The van der Waals surface area contributed by atoms with Gasteiger partial charge >= 0.3 is 0 Å². The van der Waals surface area contributed by atoms with Crippen LogP contribution < -0.4 is 4.90 Å². The Labute approximate surface area is 87.4 Å². The lowest BCUT2D eigenvalue weighted by Crippen LogP contribution is -2.44. The first kappa shape index (κ1) is 8.68. The van der Waals surface area contributed by atoms with E-state index in [2.05, 4.69) is 9.88 Å². The first-order valence-electron chi connectivity index (χ1n) is 5.20. The third kappa shape index (κ3) is 1.25. The number of hydrogen-bond donors (Lipinski definition) is 1. The average Bonchev–Trinajstić information content (AvgIpc) is 2.72. The molecule has 2 aliphatic heterocycles.